The van der Waals surface area contributed by atoms with Gasteiger partial charge in [0.05, 0.1) is 22.8 Å². The van der Waals surface area contributed by atoms with E-state index in [2.05, 4.69) is 21.8 Å². The molecule has 3 rings (SSSR count). The fourth-order valence-electron chi connectivity index (χ4n) is 1.98. The Kier molecular flexibility index (Phi) is 3.71. The average molecular weight is 296 g/mol. The zero-order chi connectivity index (χ0) is 14.7. The highest BCUT2D eigenvalue weighted by atomic mass is 32.1. The molecule has 0 amide bonds. The van der Waals surface area contributed by atoms with Crippen LogP contribution < -0.4 is 10.3 Å². The van der Waals surface area contributed by atoms with Crippen molar-refractivity contribution in [3.63, 3.8) is 0 Å². The number of hydrogen-bond donors (Lipinski definition) is 1. The highest BCUT2D eigenvalue weighted by molar-refractivity contribution is 7.17. The molecule has 0 aliphatic heterocycles. The normalized spacial score (nSPS) is 10.1. The standard InChI is InChI=1S/C16H12N2O2S/c1-20-14-9-11(5-7-17-14)3-2-4-12-10-18-16(19)13-6-8-21-15(12)13/h5-10H,3H2,1H3,(H,18,19). The molecule has 0 atom stereocenters. The third-order valence-electron chi connectivity index (χ3n) is 3.03. The third kappa shape index (κ3) is 2.81. The van der Waals surface area contributed by atoms with E-state index in [4.69, 9.17) is 4.74 Å². The zero-order valence-electron chi connectivity index (χ0n) is 11.3. The molecule has 0 spiro atoms. The predicted molar refractivity (Wildman–Crippen MR) is 83.8 cm³/mol. The summed E-state index contributed by atoms with van der Waals surface area (Å²) in [6.45, 7) is 0. The molecule has 0 aliphatic carbocycles. The van der Waals surface area contributed by atoms with Gasteiger partial charge in [0.25, 0.3) is 5.56 Å². The molecule has 0 saturated carbocycles. The predicted octanol–water partition coefficient (Wildman–Crippen LogP) is 2.59. The van der Waals surface area contributed by atoms with E-state index >= 15 is 0 Å². The molecule has 21 heavy (non-hydrogen) atoms. The van der Waals surface area contributed by atoms with Gasteiger partial charge in [-0.05, 0) is 23.1 Å². The Morgan fingerprint density at radius 1 is 1.43 bits per heavy atom. The Morgan fingerprint density at radius 3 is 3.19 bits per heavy atom. The van der Waals surface area contributed by atoms with E-state index in [0.29, 0.717) is 17.7 Å². The highest BCUT2D eigenvalue weighted by Gasteiger charge is 2.03. The van der Waals surface area contributed by atoms with Crippen molar-refractivity contribution in [2.75, 3.05) is 7.11 Å². The first-order valence-electron chi connectivity index (χ1n) is 6.34. The number of fused-ring (bicyclic) bond motifs is 1. The Morgan fingerprint density at radius 2 is 2.33 bits per heavy atom. The summed E-state index contributed by atoms with van der Waals surface area (Å²) in [6, 6.07) is 5.59. The average Bonchev–Trinajstić information content (AvgIpc) is 3.00. The molecule has 0 fully saturated rings. The van der Waals surface area contributed by atoms with E-state index < -0.39 is 0 Å². The van der Waals surface area contributed by atoms with Crippen LogP contribution in [0.1, 0.15) is 11.1 Å². The third-order valence-corrected chi connectivity index (χ3v) is 3.97. The van der Waals surface area contributed by atoms with Crippen molar-refractivity contribution in [3.05, 3.63) is 57.5 Å². The van der Waals surface area contributed by atoms with Crippen molar-refractivity contribution in [1.82, 2.24) is 9.97 Å². The summed E-state index contributed by atoms with van der Waals surface area (Å²) in [7, 11) is 1.59. The quantitative estimate of drug-likeness (QED) is 0.740. The van der Waals surface area contributed by atoms with Gasteiger partial charge >= 0.3 is 0 Å². The lowest BCUT2D eigenvalue weighted by Gasteiger charge is -1.99. The van der Waals surface area contributed by atoms with Crippen molar-refractivity contribution in [1.29, 1.82) is 0 Å². The summed E-state index contributed by atoms with van der Waals surface area (Å²) < 4.78 is 6.01. The second kappa shape index (κ2) is 5.81. The van der Waals surface area contributed by atoms with Crippen molar-refractivity contribution < 1.29 is 4.74 Å². The Labute approximate surface area is 125 Å². The van der Waals surface area contributed by atoms with E-state index in [1.807, 2.05) is 23.6 Å². The lowest BCUT2D eigenvalue weighted by atomic mass is 10.2. The summed E-state index contributed by atoms with van der Waals surface area (Å²) in [4.78, 5) is 18.4. The van der Waals surface area contributed by atoms with Gasteiger partial charge in [-0.3, -0.25) is 4.79 Å². The van der Waals surface area contributed by atoms with Crippen LogP contribution in [0.4, 0.5) is 0 Å². The molecule has 0 bridgehead atoms. The lowest BCUT2D eigenvalue weighted by Crippen LogP contribution is -2.04. The van der Waals surface area contributed by atoms with Gasteiger partial charge in [0.1, 0.15) is 0 Å². The molecular formula is C16H12N2O2S. The number of hydrogen-bond acceptors (Lipinski definition) is 4. The topological polar surface area (TPSA) is 55.0 Å². The zero-order valence-corrected chi connectivity index (χ0v) is 12.2. The number of H-pyrrole nitrogens is 1. The van der Waals surface area contributed by atoms with Crippen LogP contribution in [-0.4, -0.2) is 17.1 Å². The first kappa shape index (κ1) is 13.4. The summed E-state index contributed by atoms with van der Waals surface area (Å²) >= 11 is 1.53. The van der Waals surface area contributed by atoms with Gasteiger partial charge < -0.3 is 9.72 Å². The minimum atomic E-state index is -0.0735. The van der Waals surface area contributed by atoms with E-state index in [-0.39, 0.29) is 5.56 Å². The molecule has 0 unspecified atom stereocenters. The minimum Gasteiger partial charge on any atom is -0.481 e. The maximum absolute atomic E-state index is 11.6. The number of methoxy groups -OCH3 is 1. The first-order chi connectivity index (χ1) is 10.3. The van der Waals surface area contributed by atoms with Crippen LogP contribution in [0.15, 0.2) is 40.8 Å². The molecule has 3 aromatic rings. The van der Waals surface area contributed by atoms with Crippen LogP contribution in [-0.2, 0) is 6.42 Å². The van der Waals surface area contributed by atoms with Gasteiger partial charge in [-0.25, -0.2) is 4.98 Å². The smallest absolute Gasteiger partial charge is 0.256 e. The number of ether oxygens (including phenoxy) is 1. The molecular weight excluding hydrogens is 284 g/mol. The van der Waals surface area contributed by atoms with Crippen LogP contribution in [0.5, 0.6) is 5.88 Å². The van der Waals surface area contributed by atoms with Crippen LogP contribution in [0.2, 0.25) is 0 Å². The molecule has 3 aromatic heterocycles. The Balaban J connectivity index is 1.88. The molecule has 3 heterocycles. The first-order valence-corrected chi connectivity index (χ1v) is 7.22. The summed E-state index contributed by atoms with van der Waals surface area (Å²) in [6.07, 6.45) is 3.97. The van der Waals surface area contributed by atoms with E-state index in [0.717, 1.165) is 15.8 Å². The molecule has 0 radical (unpaired) electrons. The highest BCUT2D eigenvalue weighted by Crippen LogP contribution is 2.20. The van der Waals surface area contributed by atoms with Crippen LogP contribution in [0, 0.1) is 11.8 Å². The molecule has 0 saturated heterocycles. The largest absolute Gasteiger partial charge is 0.481 e. The van der Waals surface area contributed by atoms with Crippen LogP contribution in [0.25, 0.3) is 10.1 Å². The van der Waals surface area contributed by atoms with Crippen LogP contribution >= 0.6 is 11.3 Å². The summed E-state index contributed by atoms with van der Waals surface area (Å²) in [5.74, 6) is 6.82. The Bertz CT molecular complexity index is 900. The van der Waals surface area contributed by atoms with Gasteiger partial charge in [0, 0.05) is 24.9 Å². The van der Waals surface area contributed by atoms with Crippen molar-refractivity contribution in [2.24, 2.45) is 0 Å². The van der Waals surface area contributed by atoms with Gasteiger partial charge in [0.2, 0.25) is 5.88 Å². The number of aromatic amines is 1. The molecule has 0 aliphatic rings. The van der Waals surface area contributed by atoms with E-state index in [1.54, 1.807) is 19.5 Å². The van der Waals surface area contributed by atoms with E-state index in [9.17, 15) is 4.79 Å². The number of pyridine rings is 2. The number of nitrogens with zero attached hydrogens (tertiary/aromatic N) is 1. The lowest BCUT2D eigenvalue weighted by molar-refractivity contribution is 0.397. The molecule has 1 N–H and O–H groups in total. The number of thiophene rings is 1. The van der Waals surface area contributed by atoms with Crippen molar-refractivity contribution in [3.8, 4) is 17.7 Å². The van der Waals surface area contributed by atoms with Crippen molar-refractivity contribution in [2.45, 2.75) is 6.42 Å². The monoisotopic (exact) mass is 296 g/mol. The van der Waals surface area contributed by atoms with Crippen LogP contribution in [0.3, 0.4) is 0 Å². The minimum absolute atomic E-state index is 0.0735. The number of aromatic nitrogens is 2. The summed E-state index contributed by atoms with van der Waals surface area (Å²) in [5.41, 5.74) is 1.82. The second-order valence-corrected chi connectivity index (χ2v) is 5.30. The molecule has 5 heteroatoms. The second-order valence-electron chi connectivity index (χ2n) is 4.38. The Hall–Kier alpha value is -2.58. The maximum Gasteiger partial charge on any atom is 0.256 e. The van der Waals surface area contributed by atoms with Gasteiger partial charge in [-0.15, -0.1) is 11.3 Å². The number of nitrogens with one attached hydrogen (secondary N) is 1. The molecule has 104 valence electrons. The van der Waals surface area contributed by atoms with Gasteiger partial charge in [-0.1, -0.05) is 11.8 Å². The summed E-state index contributed by atoms with van der Waals surface area (Å²) in [5, 5.41) is 2.59. The fraction of sp³-hybridized carbons (Fsp3) is 0.125. The fourth-order valence-corrected chi connectivity index (χ4v) is 2.85. The molecule has 4 nitrogen and oxygen atoms in total. The van der Waals surface area contributed by atoms with Crippen molar-refractivity contribution >= 4 is 21.4 Å². The molecule has 0 aromatic carbocycles. The maximum atomic E-state index is 11.6. The number of rotatable bonds is 2. The van der Waals surface area contributed by atoms with E-state index in [1.165, 1.54) is 11.3 Å². The SMILES string of the molecule is COc1cc(CC#Cc2c[nH]c(=O)c3ccsc23)ccn1. The van der Waals surface area contributed by atoms with Gasteiger partial charge in [-0.2, -0.15) is 0 Å². The van der Waals surface area contributed by atoms with Gasteiger partial charge in [0.15, 0.2) is 0 Å².